The molecule has 3 rings (SSSR count). The maximum Gasteiger partial charge on any atom is 0.481 e. The van der Waals surface area contributed by atoms with E-state index in [1.54, 1.807) is 6.92 Å². The molecule has 1 aliphatic heterocycles. The van der Waals surface area contributed by atoms with Gasteiger partial charge in [0, 0.05) is 30.7 Å². The highest BCUT2D eigenvalue weighted by atomic mass is 32.2. The number of ether oxygens (including phenoxy) is 1. The van der Waals surface area contributed by atoms with Crippen LogP contribution < -0.4 is 16.4 Å². The third-order valence-electron chi connectivity index (χ3n) is 10.1. The van der Waals surface area contributed by atoms with E-state index in [1.165, 1.54) is 65.2 Å². The number of unbranched alkanes of at least 4 members (excludes halogenated alkanes) is 10. The standard InChI is InChI=1S/C37H64N7O17P3S/c1-5-6-7-8-9-10-11-12-13-14-15-16-25(2)36(49)65-20-19-39-27(45)17-18-40-34(48)31(47)37(3,4)22-58-64(55,56)61-63(53,54)57-21-26-30(60-62(50,51)52)29(46)35(59-26)44-24-43-28-32(38)41-23-42-33(28)44/h16,23-24,26,29-31,35,46-47H,5-15,17-22H2,1-4H3,(H,39,45)(H,40,48)(H,53,54)(H,55,56)(H2,38,41,42)(H2,50,51,52)/b25-16+/t26-,29-,30-,31+,35-/m1/s1. The number of phosphoric acid groups is 3. The van der Waals surface area contributed by atoms with Crippen molar-refractivity contribution in [1.29, 1.82) is 0 Å². The zero-order valence-electron chi connectivity index (χ0n) is 36.9. The molecule has 0 radical (unpaired) electrons. The lowest BCUT2D eigenvalue weighted by Crippen LogP contribution is -2.46. The molecule has 0 spiro atoms. The highest BCUT2D eigenvalue weighted by Gasteiger charge is 2.50. The van der Waals surface area contributed by atoms with Gasteiger partial charge in [-0.1, -0.05) is 96.4 Å². The van der Waals surface area contributed by atoms with Gasteiger partial charge in [-0.05, 0) is 25.3 Å². The maximum absolute atomic E-state index is 12.7. The minimum Gasteiger partial charge on any atom is -0.386 e. The van der Waals surface area contributed by atoms with Crippen LogP contribution in [-0.4, -0.2) is 123 Å². The minimum atomic E-state index is -5.58. The molecule has 10 N–H and O–H groups in total. The van der Waals surface area contributed by atoms with E-state index >= 15 is 0 Å². The number of imidazole rings is 1. The van der Waals surface area contributed by atoms with Crippen LogP contribution in [0.3, 0.4) is 0 Å². The van der Waals surface area contributed by atoms with Crippen molar-refractivity contribution in [1.82, 2.24) is 30.2 Å². The van der Waals surface area contributed by atoms with Gasteiger partial charge in [0.25, 0.3) is 0 Å². The molecule has 0 aliphatic carbocycles. The van der Waals surface area contributed by atoms with E-state index in [1.807, 2.05) is 6.08 Å². The molecule has 0 aromatic carbocycles. The number of nitrogens with one attached hydrogen (secondary N) is 2. The number of anilines is 1. The fraction of sp³-hybridized carbons (Fsp3) is 0.730. The summed E-state index contributed by atoms with van der Waals surface area (Å²) >= 11 is 1.09. The van der Waals surface area contributed by atoms with Crippen LogP contribution in [0.4, 0.5) is 5.82 Å². The van der Waals surface area contributed by atoms with Crippen molar-refractivity contribution < 1.29 is 80.5 Å². The number of aromatic nitrogens is 4. The van der Waals surface area contributed by atoms with E-state index in [9.17, 15) is 57.9 Å². The highest BCUT2D eigenvalue weighted by Crippen LogP contribution is 2.61. The lowest BCUT2D eigenvalue weighted by atomic mass is 9.87. The fourth-order valence-electron chi connectivity index (χ4n) is 6.42. The first-order chi connectivity index (χ1) is 30.5. The van der Waals surface area contributed by atoms with Crippen LogP contribution in [-0.2, 0) is 50.7 Å². The topological polar surface area (TPSA) is 364 Å². The van der Waals surface area contributed by atoms with Gasteiger partial charge >= 0.3 is 23.5 Å². The lowest BCUT2D eigenvalue weighted by molar-refractivity contribution is -0.137. The van der Waals surface area contributed by atoms with E-state index in [0.717, 1.165) is 48.2 Å². The Morgan fingerprint density at radius 1 is 0.954 bits per heavy atom. The van der Waals surface area contributed by atoms with Gasteiger partial charge in [-0.2, -0.15) is 4.31 Å². The quantitative estimate of drug-likeness (QED) is 0.0293. The molecule has 28 heteroatoms. The second-order valence-corrected chi connectivity index (χ2v) is 21.4. The highest BCUT2D eigenvalue weighted by molar-refractivity contribution is 8.14. The number of thioether (sulfide) groups is 1. The Labute approximate surface area is 381 Å². The predicted octanol–water partition coefficient (Wildman–Crippen LogP) is 3.92. The third kappa shape index (κ3) is 19.8. The first kappa shape index (κ1) is 56.6. The van der Waals surface area contributed by atoms with Crippen LogP contribution in [0.1, 0.15) is 111 Å². The molecular formula is C37H64N7O17P3S. The van der Waals surface area contributed by atoms with E-state index in [2.05, 4.69) is 41.3 Å². The smallest absolute Gasteiger partial charge is 0.386 e. The summed E-state index contributed by atoms with van der Waals surface area (Å²) in [6.07, 6.45) is 8.28. The number of carbonyl (C=O) groups excluding carboxylic acids is 3. The van der Waals surface area contributed by atoms with Crippen LogP contribution in [0.15, 0.2) is 24.3 Å². The number of rotatable bonds is 31. The second kappa shape index (κ2) is 26.7. The van der Waals surface area contributed by atoms with Crippen molar-refractivity contribution in [3.63, 3.8) is 0 Å². The Morgan fingerprint density at radius 2 is 1.58 bits per heavy atom. The van der Waals surface area contributed by atoms with E-state index < -0.39 is 84.6 Å². The van der Waals surface area contributed by atoms with E-state index in [0.29, 0.717) is 11.3 Å². The summed E-state index contributed by atoms with van der Waals surface area (Å²) < 4.78 is 62.4. The van der Waals surface area contributed by atoms with Gasteiger partial charge in [-0.3, -0.25) is 32.5 Å². The van der Waals surface area contributed by atoms with Gasteiger partial charge in [-0.15, -0.1) is 0 Å². The predicted molar refractivity (Wildman–Crippen MR) is 237 cm³/mol. The number of allylic oxidation sites excluding steroid dienone is 1. The SMILES string of the molecule is CCCCCCCCCCCC/C=C(\C)C(=O)SCCNC(=O)CCNC(=O)[C@H](O)C(C)(C)COP(=O)(O)OP(=O)(O)OC[C@H]1O[C@@H](n2cnc3c(N)ncnc32)[C@H](O)[C@@H]1OP(=O)(O)O. The normalized spacial score (nSPS) is 20.6. The van der Waals surface area contributed by atoms with Gasteiger partial charge in [0.05, 0.1) is 19.5 Å². The molecule has 3 heterocycles. The Morgan fingerprint density at radius 3 is 2.23 bits per heavy atom. The number of hydrogen-bond donors (Lipinski definition) is 9. The molecule has 24 nitrogen and oxygen atoms in total. The molecule has 2 aromatic rings. The Hall–Kier alpha value is -2.70. The summed E-state index contributed by atoms with van der Waals surface area (Å²) in [5, 5.41) is 26.5. The number of hydrogen-bond acceptors (Lipinski definition) is 18. The number of amides is 2. The van der Waals surface area contributed by atoms with Crippen LogP contribution in [0, 0.1) is 5.41 Å². The van der Waals surface area contributed by atoms with Crippen molar-refractivity contribution in [2.24, 2.45) is 5.41 Å². The summed E-state index contributed by atoms with van der Waals surface area (Å²) in [6, 6.07) is 0. The molecule has 0 bridgehead atoms. The second-order valence-electron chi connectivity index (χ2n) is 16.1. The molecule has 2 unspecified atom stereocenters. The number of aliphatic hydroxyl groups is 2. The first-order valence-corrected chi connectivity index (χ1v) is 26.7. The molecule has 0 saturated carbocycles. The molecule has 2 aromatic heterocycles. The number of nitrogens with two attached hydrogens (primary N) is 1. The van der Waals surface area contributed by atoms with Crippen LogP contribution in [0.2, 0.25) is 0 Å². The number of nitrogens with zero attached hydrogens (tertiary/aromatic N) is 4. The van der Waals surface area contributed by atoms with Gasteiger partial charge in [0.1, 0.15) is 36.3 Å². The summed E-state index contributed by atoms with van der Waals surface area (Å²) in [5.41, 5.74) is 4.95. The van der Waals surface area contributed by atoms with Gasteiger partial charge in [-0.25, -0.2) is 28.6 Å². The lowest BCUT2D eigenvalue weighted by Gasteiger charge is -2.30. The molecule has 1 aliphatic rings. The zero-order chi connectivity index (χ0) is 48.4. The van der Waals surface area contributed by atoms with Crippen LogP contribution in [0.5, 0.6) is 0 Å². The Balaban J connectivity index is 1.36. The fourth-order valence-corrected chi connectivity index (χ4v) is 9.95. The number of carbonyl (C=O) groups is 3. The number of nitrogen functional groups attached to an aromatic ring is 1. The molecule has 1 fully saturated rings. The van der Waals surface area contributed by atoms with Crippen molar-refractivity contribution in [3.05, 3.63) is 24.3 Å². The maximum atomic E-state index is 12.7. The Bertz CT molecular complexity index is 2040. The monoisotopic (exact) mass is 1000 g/mol. The molecule has 1 saturated heterocycles. The molecule has 65 heavy (non-hydrogen) atoms. The van der Waals surface area contributed by atoms with Gasteiger partial charge in [0.15, 0.2) is 17.7 Å². The number of fused-ring (bicyclic) bond motifs is 1. The number of aliphatic hydroxyl groups excluding tert-OH is 2. The van der Waals surface area contributed by atoms with Crippen molar-refractivity contribution in [2.45, 2.75) is 135 Å². The van der Waals surface area contributed by atoms with Crippen molar-refractivity contribution in [3.8, 4) is 0 Å². The average Bonchev–Trinajstić information content (AvgIpc) is 3.79. The first-order valence-electron chi connectivity index (χ1n) is 21.2. The number of phosphoric ester groups is 3. The van der Waals surface area contributed by atoms with Crippen molar-refractivity contribution >= 4 is 69.1 Å². The molecule has 2 amide bonds. The molecule has 370 valence electrons. The minimum absolute atomic E-state index is 0.0321. The zero-order valence-corrected chi connectivity index (χ0v) is 40.4. The Kier molecular flexibility index (Phi) is 23.3. The van der Waals surface area contributed by atoms with E-state index in [4.69, 9.17) is 19.5 Å². The van der Waals surface area contributed by atoms with Gasteiger partial charge < -0.3 is 50.9 Å². The summed E-state index contributed by atoms with van der Waals surface area (Å²) in [5.74, 6) is -1.09. The van der Waals surface area contributed by atoms with Gasteiger partial charge in [0.2, 0.25) is 16.9 Å². The molecular weight excluding hydrogens is 939 g/mol. The van der Waals surface area contributed by atoms with Crippen LogP contribution in [0.25, 0.3) is 11.2 Å². The van der Waals surface area contributed by atoms with Crippen molar-refractivity contribution in [2.75, 3.05) is 37.8 Å². The third-order valence-corrected chi connectivity index (χ3v) is 14.2. The average molecular weight is 1000 g/mol. The molecule has 7 atom stereocenters. The van der Waals surface area contributed by atoms with E-state index in [-0.39, 0.29) is 41.6 Å². The summed E-state index contributed by atoms with van der Waals surface area (Å²) in [7, 11) is -16.4. The summed E-state index contributed by atoms with van der Waals surface area (Å²) in [6.45, 7) is 4.51. The van der Waals surface area contributed by atoms with Crippen LogP contribution >= 0.6 is 35.2 Å². The summed E-state index contributed by atoms with van der Waals surface area (Å²) in [4.78, 5) is 88.6. The largest absolute Gasteiger partial charge is 0.481 e.